The molecule has 2 nitrogen and oxygen atoms in total. The van der Waals surface area contributed by atoms with Gasteiger partial charge in [0.25, 0.3) is 0 Å². The van der Waals surface area contributed by atoms with Crippen molar-refractivity contribution in [2.24, 2.45) is 5.92 Å². The van der Waals surface area contributed by atoms with Crippen LogP contribution in [-0.4, -0.2) is 11.5 Å². The monoisotopic (exact) mass is 272 g/mol. The van der Waals surface area contributed by atoms with Crippen molar-refractivity contribution in [3.63, 3.8) is 0 Å². The SMILES string of the molecule is CC(C)CNCc1ccc(Sc2ccccn2)cc1. The zero-order chi connectivity index (χ0) is 13.5. The Hall–Kier alpha value is -1.32. The fraction of sp³-hybridized carbons (Fsp3) is 0.312. The van der Waals surface area contributed by atoms with Crippen LogP contribution in [0.1, 0.15) is 19.4 Å². The third kappa shape index (κ3) is 5.05. The molecule has 1 N–H and O–H groups in total. The molecule has 0 bridgehead atoms. The van der Waals surface area contributed by atoms with E-state index in [1.807, 2.05) is 24.4 Å². The van der Waals surface area contributed by atoms with E-state index >= 15 is 0 Å². The molecule has 1 aromatic carbocycles. The van der Waals surface area contributed by atoms with Gasteiger partial charge >= 0.3 is 0 Å². The molecule has 0 amide bonds. The summed E-state index contributed by atoms with van der Waals surface area (Å²) in [5.74, 6) is 0.694. The van der Waals surface area contributed by atoms with E-state index in [1.54, 1.807) is 11.8 Å². The van der Waals surface area contributed by atoms with Crippen molar-refractivity contribution in [2.45, 2.75) is 30.3 Å². The lowest BCUT2D eigenvalue weighted by Gasteiger charge is -2.08. The molecule has 19 heavy (non-hydrogen) atoms. The van der Waals surface area contributed by atoms with Gasteiger partial charge in [-0.3, -0.25) is 0 Å². The first-order valence-corrected chi connectivity index (χ1v) is 7.44. The van der Waals surface area contributed by atoms with Gasteiger partial charge in [0.2, 0.25) is 0 Å². The lowest BCUT2D eigenvalue weighted by Crippen LogP contribution is -2.18. The van der Waals surface area contributed by atoms with E-state index in [0.717, 1.165) is 18.1 Å². The average molecular weight is 272 g/mol. The highest BCUT2D eigenvalue weighted by Crippen LogP contribution is 2.25. The summed E-state index contributed by atoms with van der Waals surface area (Å²) >= 11 is 1.69. The van der Waals surface area contributed by atoms with Crippen LogP contribution in [0.15, 0.2) is 58.6 Å². The van der Waals surface area contributed by atoms with Crippen LogP contribution in [0, 0.1) is 5.92 Å². The first kappa shape index (κ1) is 14.1. The van der Waals surface area contributed by atoms with Gasteiger partial charge < -0.3 is 5.32 Å². The highest BCUT2D eigenvalue weighted by molar-refractivity contribution is 7.99. The Morgan fingerprint density at radius 1 is 1.11 bits per heavy atom. The number of nitrogens with one attached hydrogen (secondary N) is 1. The largest absolute Gasteiger partial charge is 0.312 e. The Kier molecular flexibility index (Phi) is 5.43. The van der Waals surface area contributed by atoms with E-state index in [-0.39, 0.29) is 0 Å². The van der Waals surface area contributed by atoms with Crippen molar-refractivity contribution >= 4 is 11.8 Å². The van der Waals surface area contributed by atoms with Gasteiger partial charge in [-0.2, -0.15) is 0 Å². The molecule has 0 radical (unpaired) electrons. The third-order valence-corrected chi connectivity index (χ3v) is 3.62. The van der Waals surface area contributed by atoms with Gasteiger partial charge in [0.15, 0.2) is 0 Å². The van der Waals surface area contributed by atoms with Gasteiger partial charge in [0.05, 0.1) is 0 Å². The van der Waals surface area contributed by atoms with Gasteiger partial charge in [-0.1, -0.05) is 43.8 Å². The molecule has 0 fully saturated rings. The molecule has 0 saturated heterocycles. The predicted octanol–water partition coefficient (Wildman–Crippen LogP) is 3.98. The number of rotatable bonds is 6. The van der Waals surface area contributed by atoms with Crippen LogP contribution in [0.5, 0.6) is 0 Å². The lowest BCUT2D eigenvalue weighted by molar-refractivity contribution is 0.552. The first-order valence-electron chi connectivity index (χ1n) is 6.62. The zero-order valence-electron chi connectivity index (χ0n) is 11.5. The maximum absolute atomic E-state index is 4.32. The second-order valence-electron chi connectivity index (χ2n) is 4.94. The number of aromatic nitrogens is 1. The number of benzene rings is 1. The van der Waals surface area contributed by atoms with Crippen molar-refractivity contribution in [1.82, 2.24) is 10.3 Å². The molecule has 0 aliphatic carbocycles. The Labute approximate surface area is 119 Å². The number of nitrogens with zero attached hydrogens (tertiary/aromatic N) is 1. The van der Waals surface area contributed by atoms with Crippen LogP contribution in [0.3, 0.4) is 0 Å². The minimum atomic E-state index is 0.694. The molecule has 2 aromatic rings. The van der Waals surface area contributed by atoms with E-state index in [2.05, 4.69) is 48.4 Å². The Bertz CT molecular complexity index is 480. The van der Waals surface area contributed by atoms with Crippen LogP contribution in [0.2, 0.25) is 0 Å². The molecule has 0 unspecified atom stereocenters. The van der Waals surface area contributed by atoms with E-state index in [9.17, 15) is 0 Å². The summed E-state index contributed by atoms with van der Waals surface area (Å²) in [7, 11) is 0. The molecule has 0 spiro atoms. The fourth-order valence-electron chi connectivity index (χ4n) is 1.71. The zero-order valence-corrected chi connectivity index (χ0v) is 12.3. The van der Waals surface area contributed by atoms with Crippen LogP contribution in [0.25, 0.3) is 0 Å². The maximum atomic E-state index is 4.32. The molecular weight excluding hydrogens is 252 g/mol. The van der Waals surface area contributed by atoms with Crippen molar-refractivity contribution in [2.75, 3.05) is 6.54 Å². The average Bonchev–Trinajstić information content (AvgIpc) is 2.42. The lowest BCUT2D eigenvalue weighted by atomic mass is 10.2. The second kappa shape index (κ2) is 7.31. The number of hydrogen-bond acceptors (Lipinski definition) is 3. The van der Waals surface area contributed by atoms with Crippen LogP contribution in [0.4, 0.5) is 0 Å². The number of pyridine rings is 1. The summed E-state index contributed by atoms with van der Waals surface area (Å²) in [5, 5.41) is 4.49. The minimum absolute atomic E-state index is 0.694. The van der Waals surface area contributed by atoms with Crippen molar-refractivity contribution < 1.29 is 0 Å². The van der Waals surface area contributed by atoms with E-state index < -0.39 is 0 Å². The smallest absolute Gasteiger partial charge is 0.101 e. The standard InChI is InChI=1S/C16H20N2S/c1-13(2)11-17-12-14-6-8-15(9-7-14)19-16-5-3-4-10-18-16/h3-10,13,17H,11-12H2,1-2H3. The van der Waals surface area contributed by atoms with Gasteiger partial charge in [-0.15, -0.1) is 0 Å². The first-order chi connectivity index (χ1) is 9.24. The van der Waals surface area contributed by atoms with E-state index in [4.69, 9.17) is 0 Å². The fourth-order valence-corrected chi connectivity index (χ4v) is 2.48. The normalized spacial score (nSPS) is 10.9. The van der Waals surface area contributed by atoms with Crippen molar-refractivity contribution in [3.05, 3.63) is 54.2 Å². The summed E-state index contributed by atoms with van der Waals surface area (Å²) in [4.78, 5) is 5.54. The Morgan fingerprint density at radius 3 is 2.53 bits per heavy atom. The van der Waals surface area contributed by atoms with Gasteiger partial charge in [0.1, 0.15) is 5.03 Å². The predicted molar refractivity (Wildman–Crippen MR) is 81.3 cm³/mol. The Morgan fingerprint density at radius 2 is 1.89 bits per heavy atom. The van der Waals surface area contributed by atoms with E-state index in [1.165, 1.54) is 10.5 Å². The minimum Gasteiger partial charge on any atom is -0.312 e. The molecule has 0 atom stereocenters. The molecule has 2 rings (SSSR count). The highest BCUT2D eigenvalue weighted by atomic mass is 32.2. The maximum Gasteiger partial charge on any atom is 0.101 e. The van der Waals surface area contributed by atoms with Gasteiger partial charge in [-0.25, -0.2) is 4.98 Å². The molecule has 0 aliphatic rings. The number of hydrogen-bond donors (Lipinski definition) is 1. The third-order valence-electron chi connectivity index (χ3n) is 2.67. The summed E-state index contributed by atoms with van der Waals surface area (Å²) in [6.07, 6.45) is 1.83. The quantitative estimate of drug-likeness (QED) is 0.861. The van der Waals surface area contributed by atoms with Gasteiger partial charge in [0, 0.05) is 17.6 Å². The van der Waals surface area contributed by atoms with Crippen molar-refractivity contribution in [1.29, 1.82) is 0 Å². The van der Waals surface area contributed by atoms with Crippen molar-refractivity contribution in [3.8, 4) is 0 Å². The summed E-state index contributed by atoms with van der Waals surface area (Å²) in [5.41, 5.74) is 1.33. The molecular formula is C16H20N2S. The van der Waals surface area contributed by atoms with E-state index in [0.29, 0.717) is 5.92 Å². The highest BCUT2D eigenvalue weighted by Gasteiger charge is 1.99. The Balaban J connectivity index is 1.88. The summed E-state index contributed by atoms with van der Waals surface area (Å²) in [6, 6.07) is 14.7. The topological polar surface area (TPSA) is 24.9 Å². The molecule has 3 heteroatoms. The molecule has 100 valence electrons. The second-order valence-corrected chi connectivity index (χ2v) is 6.03. The summed E-state index contributed by atoms with van der Waals surface area (Å²) < 4.78 is 0. The molecule has 0 saturated carbocycles. The van der Waals surface area contributed by atoms with Crippen LogP contribution < -0.4 is 5.32 Å². The van der Waals surface area contributed by atoms with Crippen LogP contribution >= 0.6 is 11.8 Å². The summed E-state index contributed by atoms with van der Waals surface area (Å²) in [6.45, 7) is 6.44. The van der Waals surface area contributed by atoms with Crippen LogP contribution in [-0.2, 0) is 6.54 Å². The molecule has 1 aromatic heterocycles. The van der Waals surface area contributed by atoms with Gasteiger partial charge in [-0.05, 0) is 42.3 Å². The molecule has 1 heterocycles. The molecule has 0 aliphatic heterocycles.